The van der Waals surface area contributed by atoms with Crippen LogP contribution in [0.25, 0.3) is 0 Å². The maximum atomic E-state index is 11.9. The van der Waals surface area contributed by atoms with E-state index >= 15 is 0 Å². The monoisotopic (exact) mass is 482 g/mol. The molecule has 2 aliphatic carbocycles. The standard InChI is InChI=1S/C27H50N2O5/c1-7-34-23(31)29-17-15-28(16-18-29)19-22(30)27(6,33)14-10-21-25(4)12-8-11-24(2,3)20(25)9-13-26(21,5)32/h20-22,30,32-33H,7-19H2,1-6H3/t20-,21+,22-,25-,26+,27-/m0/s1. The van der Waals surface area contributed by atoms with Crippen molar-refractivity contribution in [2.75, 3.05) is 39.3 Å². The number of rotatable bonds is 7. The molecule has 6 atom stereocenters. The van der Waals surface area contributed by atoms with Crippen LogP contribution in [0.15, 0.2) is 0 Å². The summed E-state index contributed by atoms with van der Waals surface area (Å²) in [6, 6.07) is 0. The molecule has 2 saturated carbocycles. The molecule has 34 heavy (non-hydrogen) atoms. The van der Waals surface area contributed by atoms with Gasteiger partial charge in [-0.3, -0.25) is 4.90 Å². The first-order valence-electron chi connectivity index (χ1n) is 13.5. The third kappa shape index (κ3) is 5.74. The lowest BCUT2D eigenvalue weighted by Gasteiger charge is -2.61. The van der Waals surface area contributed by atoms with Crippen LogP contribution >= 0.6 is 0 Å². The molecule has 7 nitrogen and oxygen atoms in total. The first kappa shape index (κ1) is 27.7. The number of amides is 1. The second-order valence-electron chi connectivity index (χ2n) is 12.7. The Hall–Kier alpha value is -0.890. The fourth-order valence-corrected chi connectivity index (χ4v) is 7.64. The lowest BCUT2D eigenvalue weighted by Crippen LogP contribution is -2.58. The summed E-state index contributed by atoms with van der Waals surface area (Å²) >= 11 is 0. The summed E-state index contributed by atoms with van der Waals surface area (Å²) in [5.41, 5.74) is -1.66. The van der Waals surface area contributed by atoms with Crippen LogP contribution in [-0.4, -0.2) is 87.8 Å². The number of aliphatic hydroxyl groups is 3. The molecule has 3 N–H and O–H groups in total. The van der Waals surface area contributed by atoms with Gasteiger partial charge in [0.05, 0.1) is 23.9 Å². The quantitative estimate of drug-likeness (QED) is 0.513. The maximum Gasteiger partial charge on any atom is 0.409 e. The summed E-state index contributed by atoms with van der Waals surface area (Å²) in [7, 11) is 0. The minimum Gasteiger partial charge on any atom is -0.450 e. The van der Waals surface area contributed by atoms with Gasteiger partial charge in [-0.25, -0.2) is 4.79 Å². The van der Waals surface area contributed by atoms with Crippen LogP contribution in [0, 0.1) is 22.7 Å². The van der Waals surface area contributed by atoms with E-state index in [9.17, 15) is 20.1 Å². The summed E-state index contributed by atoms with van der Waals surface area (Å²) in [4.78, 5) is 15.7. The molecule has 3 rings (SSSR count). The number of fused-ring (bicyclic) bond motifs is 1. The molecule has 0 aromatic rings. The Balaban J connectivity index is 1.59. The summed E-state index contributed by atoms with van der Waals surface area (Å²) in [6.07, 6.45) is 5.40. The number of ether oxygens (including phenoxy) is 1. The third-order valence-corrected chi connectivity index (χ3v) is 9.75. The molecular weight excluding hydrogens is 432 g/mol. The van der Waals surface area contributed by atoms with Gasteiger partial charge < -0.3 is 25.0 Å². The molecule has 0 aromatic heterocycles. The van der Waals surface area contributed by atoms with Gasteiger partial charge in [-0.2, -0.15) is 0 Å². The molecule has 1 saturated heterocycles. The number of piperazine rings is 1. The third-order valence-electron chi connectivity index (χ3n) is 9.75. The van der Waals surface area contributed by atoms with Crippen LogP contribution in [0.5, 0.6) is 0 Å². The van der Waals surface area contributed by atoms with E-state index in [4.69, 9.17) is 4.74 Å². The van der Waals surface area contributed by atoms with Gasteiger partial charge in [0, 0.05) is 32.7 Å². The molecule has 3 aliphatic rings. The van der Waals surface area contributed by atoms with E-state index in [1.807, 2.05) is 6.92 Å². The maximum absolute atomic E-state index is 11.9. The second kappa shape index (κ2) is 10.2. The molecule has 7 heteroatoms. The number of carbonyl (C=O) groups is 1. The average Bonchev–Trinajstić information content (AvgIpc) is 2.72. The van der Waals surface area contributed by atoms with E-state index in [-0.39, 0.29) is 22.8 Å². The van der Waals surface area contributed by atoms with Crippen molar-refractivity contribution < 1.29 is 24.9 Å². The highest BCUT2D eigenvalue weighted by Crippen LogP contribution is 2.63. The Kier molecular flexibility index (Phi) is 8.33. The zero-order chi connectivity index (χ0) is 25.4. The average molecular weight is 483 g/mol. The number of β-amino-alcohol motifs (C(OH)–C–C–N with tert-alkyl or cyclic N) is 1. The van der Waals surface area contributed by atoms with Gasteiger partial charge in [-0.15, -0.1) is 0 Å². The number of aliphatic hydroxyl groups excluding tert-OH is 1. The molecule has 0 radical (unpaired) electrons. The van der Waals surface area contributed by atoms with Crippen LogP contribution in [-0.2, 0) is 4.74 Å². The first-order valence-corrected chi connectivity index (χ1v) is 13.5. The number of hydrogen-bond acceptors (Lipinski definition) is 6. The lowest BCUT2D eigenvalue weighted by atomic mass is 9.45. The van der Waals surface area contributed by atoms with Crippen molar-refractivity contribution in [2.24, 2.45) is 22.7 Å². The molecule has 0 bridgehead atoms. The largest absolute Gasteiger partial charge is 0.450 e. The fraction of sp³-hybridized carbons (Fsp3) is 0.963. The van der Waals surface area contributed by atoms with Crippen LogP contribution < -0.4 is 0 Å². The molecule has 1 amide bonds. The van der Waals surface area contributed by atoms with E-state index < -0.39 is 17.3 Å². The molecule has 0 aromatic carbocycles. The van der Waals surface area contributed by atoms with Crippen molar-refractivity contribution in [3.8, 4) is 0 Å². The molecule has 0 spiro atoms. The van der Waals surface area contributed by atoms with Gasteiger partial charge in [0.1, 0.15) is 0 Å². The van der Waals surface area contributed by atoms with Crippen LogP contribution in [0.1, 0.15) is 86.5 Å². The second-order valence-corrected chi connectivity index (χ2v) is 12.7. The predicted molar refractivity (Wildman–Crippen MR) is 133 cm³/mol. The zero-order valence-electron chi connectivity index (χ0n) is 22.5. The van der Waals surface area contributed by atoms with Crippen LogP contribution in [0.3, 0.4) is 0 Å². The number of carbonyl (C=O) groups excluding carboxylic acids is 1. The fourth-order valence-electron chi connectivity index (χ4n) is 7.64. The minimum atomic E-state index is -1.23. The van der Waals surface area contributed by atoms with Gasteiger partial charge in [-0.05, 0) is 82.0 Å². The van der Waals surface area contributed by atoms with E-state index in [2.05, 4.69) is 25.7 Å². The minimum absolute atomic E-state index is 0.0496. The number of hydrogen-bond donors (Lipinski definition) is 3. The summed E-state index contributed by atoms with van der Waals surface area (Å²) in [5, 5.41) is 33.7. The van der Waals surface area contributed by atoms with Crippen LogP contribution in [0.2, 0.25) is 0 Å². The Morgan fingerprint density at radius 1 is 1.12 bits per heavy atom. The molecule has 1 heterocycles. The molecular formula is C27H50N2O5. The Morgan fingerprint density at radius 3 is 2.38 bits per heavy atom. The van der Waals surface area contributed by atoms with Crippen LogP contribution in [0.4, 0.5) is 4.79 Å². The summed E-state index contributed by atoms with van der Waals surface area (Å²) in [6.45, 7) is 15.8. The van der Waals surface area contributed by atoms with Gasteiger partial charge in [-0.1, -0.05) is 27.2 Å². The summed E-state index contributed by atoms with van der Waals surface area (Å²) in [5.74, 6) is 0.676. The molecule has 1 aliphatic heterocycles. The van der Waals surface area contributed by atoms with Crippen molar-refractivity contribution in [3.05, 3.63) is 0 Å². The Bertz CT molecular complexity index is 701. The Morgan fingerprint density at radius 2 is 1.76 bits per heavy atom. The predicted octanol–water partition coefficient (Wildman–Crippen LogP) is 3.65. The molecule has 0 unspecified atom stereocenters. The van der Waals surface area contributed by atoms with E-state index in [1.165, 1.54) is 12.8 Å². The Labute approximate surface area is 206 Å². The zero-order valence-corrected chi connectivity index (χ0v) is 22.5. The molecule has 3 fully saturated rings. The SMILES string of the molecule is CCOC(=O)N1CCN(C[C@H](O)[C@@](C)(O)CC[C@@H]2[C@@]3(C)CCCC(C)(C)[C@@H]3CC[C@@]2(C)O)CC1. The topological polar surface area (TPSA) is 93.5 Å². The number of nitrogens with zero attached hydrogens (tertiary/aromatic N) is 2. The van der Waals surface area contributed by atoms with Crippen molar-refractivity contribution in [3.63, 3.8) is 0 Å². The van der Waals surface area contributed by atoms with Gasteiger partial charge in [0.15, 0.2) is 0 Å². The van der Waals surface area contributed by atoms with Crippen molar-refractivity contribution in [1.82, 2.24) is 9.80 Å². The highest BCUT2D eigenvalue weighted by molar-refractivity contribution is 5.67. The van der Waals surface area contributed by atoms with Crippen molar-refractivity contribution >= 4 is 6.09 Å². The highest BCUT2D eigenvalue weighted by Gasteiger charge is 2.58. The smallest absolute Gasteiger partial charge is 0.409 e. The van der Waals surface area contributed by atoms with Gasteiger partial charge in [0.2, 0.25) is 0 Å². The van der Waals surface area contributed by atoms with Gasteiger partial charge >= 0.3 is 6.09 Å². The molecule has 198 valence electrons. The summed E-state index contributed by atoms with van der Waals surface area (Å²) < 4.78 is 5.08. The van der Waals surface area contributed by atoms with E-state index in [0.717, 1.165) is 19.3 Å². The van der Waals surface area contributed by atoms with E-state index in [0.29, 0.717) is 58.1 Å². The first-order chi connectivity index (χ1) is 15.7. The van der Waals surface area contributed by atoms with Crippen molar-refractivity contribution in [2.45, 2.75) is 104 Å². The highest BCUT2D eigenvalue weighted by atomic mass is 16.6. The normalized spacial score (nSPS) is 36.9. The van der Waals surface area contributed by atoms with Crippen molar-refractivity contribution in [1.29, 1.82) is 0 Å². The van der Waals surface area contributed by atoms with Gasteiger partial charge in [0.25, 0.3) is 0 Å². The lowest BCUT2D eigenvalue weighted by molar-refractivity contribution is -0.176. The van der Waals surface area contributed by atoms with E-state index in [1.54, 1.807) is 18.7 Å².